The normalized spacial score (nSPS) is 24.6. The first-order chi connectivity index (χ1) is 7.72. The molecule has 0 spiro atoms. The fourth-order valence-corrected chi connectivity index (χ4v) is 2.41. The fraction of sp³-hybridized carbons (Fsp3) is 1.00. The molecule has 0 aromatic heterocycles. The van der Waals surface area contributed by atoms with E-state index in [2.05, 4.69) is 24.2 Å². The standard InChI is InChI=1S/C13H29N3/c1-12(10-14)5-7-15-8-6-13-4-3-9-16(2)11-13/h12-13,15H,3-11,14H2,1-2H3. The van der Waals surface area contributed by atoms with Gasteiger partial charge in [0.2, 0.25) is 0 Å². The minimum atomic E-state index is 0.660. The number of hydrogen-bond donors (Lipinski definition) is 2. The molecular weight excluding hydrogens is 198 g/mol. The van der Waals surface area contributed by atoms with Crippen molar-refractivity contribution in [2.45, 2.75) is 32.6 Å². The lowest BCUT2D eigenvalue weighted by Gasteiger charge is -2.29. The highest BCUT2D eigenvalue weighted by Gasteiger charge is 2.16. The average molecular weight is 227 g/mol. The Morgan fingerprint density at radius 1 is 1.44 bits per heavy atom. The van der Waals surface area contributed by atoms with E-state index in [4.69, 9.17) is 5.73 Å². The topological polar surface area (TPSA) is 41.3 Å². The van der Waals surface area contributed by atoms with Gasteiger partial charge in [0.15, 0.2) is 0 Å². The second-order valence-corrected chi connectivity index (χ2v) is 5.44. The van der Waals surface area contributed by atoms with Crippen LogP contribution in [0.25, 0.3) is 0 Å². The van der Waals surface area contributed by atoms with Crippen LogP contribution in [0.2, 0.25) is 0 Å². The van der Waals surface area contributed by atoms with Gasteiger partial charge in [-0.3, -0.25) is 0 Å². The molecule has 96 valence electrons. The molecular formula is C13H29N3. The molecule has 0 bridgehead atoms. The van der Waals surface area contributed by atoms with Crippen molar-refractivity contribution in [1.29, 1.82) is 0 Å². The molecule has 0 aromatic rings. The second kappa shape index (κ2) is 8.04. The molecule has 3 N–H and O–H groups in total. The minimum Gasteiger partial charge on any atom is -0.330 e. The van der Waals surface area contributed by atoms with Gasteiger partial charge in [-0.2, -0.15) is 0 Å². The Hall–Kier alpha value is -0.120. The lowest BCUT2D eigenvalue weighted by molar-refractivity contribution is 0.201. The van der Waals surface area contributed by atoms with Crippen LogP contribution in [0.4, 0.5) is 0 Å². The summed E-state index contributed by atoms with van der Waals surface area (Å²) < 4.78 is 0. The van der Waals surface area contributed by atoms with Crippen LogP contribution < -0.4 is 11.1 Å². The molecule has 1 aliphatic heterocycles. The third-order valence-corrected chi connectivity index (χ3v) is 3.67. The van der Waals surface area contributed by atoms with Crippen molar-refractivity contribution in [3.8, 4) is 0 Å². The van der Waals surface area contributed by atoms with Crippen molar-refractivity contribution in [1.82, 2.24) is 10.2 Å². The van der Waals surface area contributed by atoms with Crippen molar-refractivity contribution >= 4 is 0 Å². The predicted molar refractivity (Wildman–Crippen MR) is 70.5 cm³/mol. The molecule has 1 heterocycles. The van der Waals surface area contributed by atoms with E-state index in [-0.39, 0.29) is 0 Å². The minimum absolute atomic E-state index is 0.660. The van der Waals surface area contributed by atoms with Crippen molar-refractivity contribution in [2.75, 3.05) is 39.8 Å². The maximum absolute atomic E-state index is 5.59. The maximum atomic E-state index is 5.59. The fourth-order valence-electron chi connectivity index (χ4n) is 2.41. The van der Waals surface area contributed by atoms with Crippen LogP contribution >= 0.6 is 0 Å². The number of piperidine rings is 1. The van der Waals surface area contributed by atoms with E-state index in [0.29, 0.717) is 5.92 Å². The molecule has 0 aromatic carbocycles. The van der Waals surface area contributed by atoms with Crippen LogP contribution in [0.3, 0.4) is 0 Å². The van der Waals surface area contributed by atoms with Gasteiger partial charge in [-0.25, -0.2) is 0 Å². The third-order valence-electron chi connectivity index (χ3n) is 3.67. The van der Waals surface area contributed by atoms with E-state index in [1.54, 1.807) is 0 Å². The third kappa shape index (κ3) is 5.83. The zero-order valence-electron chi connectivity index (χ0n) is 11.0. The highest BCUT2D eigenvalue weighted by atomic mass is 15.1. The summed E-state index contributed by atoms with van der Waals surface area (Å²) in [6.45, 7) is 7.92. The Morgan fingerprint density at radius 2 is 2.25 bits per heavy atom. The van der Waals surface area contributed by atoms with Gasteiger partial charge < -0.3 is 16.0 Å². The SMILES string of the molecule is CC(CN)CCNCCC1CCCN(C)C1. The summed E-state index contributed by atoms with van der Waals surface area (Å²) in [6, 6.07) is 0. The number of likely N-dealkylation sites (tertiary alicyclic amines) is 1. The largest absolute Gasteiger partial charge is 0.330 e. The number of nitrogens with two attached hydrogens (primary N) is 1. The molecule has 1 saturated heterocycles. The Balaban J connectivity index is 1.94. The molecule has 3 nitrogen and oxygen atoms in total. The van der Waals surface area contributed by atoms with E-state index in [1.165, 1.54) is 45.3 Å². The van der Waals surface area contributed by atoms with Crippen LogP contribution in [0, 0.1) is 11.8 Å². The van der Waals surface area contributed by atoms with Gasteiger partial charge >= 0.3 is 0 Å². The molecule has 3 heteroatoms. The van der Waals surface area contributed by atoms with Crippen LogP contribution in [-0.2, 0) is 0 Å². The lowest BCUT2D eigenvalue weighted by Crippen LogP contribution is -2.33. The molecule has 0 aliphatic carbocycles. The zero-order chi connectivity index (χ0) is 11.8. The van der Waals surface area contributed by atoms with Gasteiger partial charge in [0, 0.05) is 6.54 Å². The quantitative estimate of drug-likeness (QED) is 0.644. The Morgan fingerprint density at radius 3 is 2.94 bits per heavy atom. The molecule has 1 fully saturated rings. The molecule has 0 radical (unpaired) electrons. The second-order valence-electron chi connectivity index (χ2n) is 5.44. The summed E-state index contributed by atoms with van der Waals surface area (Å²) in [5, 5.41) is 3.54. The predicted octanol–water partition coefficient (Wildman–Crippen LogP) is 1.29. The van der Waals surface area contributed by atoms with Crippen LogP contribution in [0.1, 0.15) is 32.6 Å². The summed E-state index contributed by atoms with van der Waals surface area (Å²) >= 11 is 0. The summed E-state index contributed by atoms with van der Waals surface area (Å²) in [5.41, 5.74) is 5.59. The van der Waals surface area contributed by atoms with E-state index in [0.717, 1.165) is 19.0 Å². The molecule has 2 unspecified atom stereocenters. The summed E-state index contributed by atoms with van der Waals surface area (Å²) in [6.07, 6.45) is 5.35. The number of hydrogen-bond acceptors (Lipinski definition) is 3. The van der Waals surface area contributed by atoms with Crippen LogP contribution in [-0.4, -0.2) is 44.7 Å². The Kier molecular flexibility index (Phi) is 7.01. The van der Waals surface area contributed by atoms with Gasteiger partial charge in [0.05, 0.1) is 0 Å². The van der Waals surface area contributed by atoms with Crippen LogP contribution in [0.15, 0.2) is 0 Å². The molecule has 1 rings (SSSR count). The molecule has 0 saturated carbocycles. The molecule has 2 atom stereocenters. The summed E-state index contributed by atoms with van der Waals surface area (Å²) in [5.74, 6) is 1.58. The first kappa shape index (κ1) is 13.9. The van der Waals surface area contributed by atoms with Crippen molar-refractivity contribution in [3.63, 3.8) is 0 Å². The molecule has 1 aliphatic rings. The van der Waals surface area contributed by atoms with Gasteiger partial charge in [-0.1, -0.05) is 6.92 Å². The van der Waals surface area contributed by atoms with Crippen molar-refractivity contribution < 1.29 is 0 Å². The summed E-state index contributed by atoms with van der Waals surface area (Å²) in [4.78, 5) is 2.46. The first-order valence-corrected chi connectivity index (χ1v) is 6.81. The van der Waals surface area contributed by atoms with Gasteiger partial charge in [-0.05, 0) is 70.7 Å². The maximum Gasteiger partial charge on any atom is 0.000709 e. The Labute approximate surface area is 101 Å². The molecule has 0 amide bonds. The lowest BCUT2D eigenvalue weighted by atomic mass is 9.95. The number of nitrogens with one attached hydrogen (secondary N) is 1. The van der Waals surface area contributed by atoms with Crippen molar-refractivity contribution in [3.05, 3.63) is 0 Å². The zero-order valence-corrected chi connectivity index (χ0v) is 11.0. The van der Waals surface area contributed by atoms with Crippen LogP contribution in [0.5, 0.6) is 0 Å². The first-order valence-electron chi connectivity index (χ1n) is 6.81. The number of rotatable bonds is 7. The highest BCUT2D eigenvalue weighted by molar-refractivity contribution is 4.71. The van der Waals surface area contributed by atoms with E-state index in [1.807, 2.05) is 0 Å². The smallest absolute Gasteiger partial charge is 0.000709 e. The van der Waals surface area contributed by atoms with Crippen molar-refractivity contribution in [2.24, 2.45) is 17.6 Å². The monoisotopic (exact) mass is 227 g/mol. The average Bonchev–Trinajstić information content (AvgIpc) is 2.28. The van der Waals surface area contributed by atoms with E-state index < -0.39 is 0 Å². The number of nitrogens with zero attached hydrogens (tertiary/aromatic N) is 1. The van der Waals surface area contributed by atoms with Gasteiger partial charge in [0.25, 0.3) is 0 Å². The van der Waals surface area contributed by atoms with Gasteiger partial charge in [-0.15, -0.1) is 0 Å². The Bertz CT molecular complexity index is 173. The van der Waals surface area contributed by atoms with E-state index >= 15 is 0 Å². The van der Waals surface area contributed by atoms with E-state index in [9.17, 15) is 0 Å². The molecule has 16 heavy (non-hydrogen) atoms. The highest BCUT2D eigenvalue weighted by Crippen LogP contribution is 2.17. The van der Waals surface area contributed by atoms with Gasteiger partial charge in [0.1, 0.15) is 0 Å². The summed E-state index contributed by atoms with van der Waals surface area (Å²) in [7, 11) is 2.24.